The van der Waals surface area contributed by atoms with E-state index in [0.29, 0.717) is 22.9 Å². The highest BCUT2D eigenvalue weighted by atomic mass is 16.5. The third kappa shape index (κ3) is 2.76. The summed E-state index contributed by atoms with van der Waals surface area (Å²) in [6.07, 6.45) is 1.65. The number of fused-ring (bicyclic) bond motifs is 1. The van der Waals surface area contributed by atoms with E-state index in [0.717, 1.165) is 35.0 Å². The lowest BCUT2D eigenvalue weighted by atomic mass is 9.92. The molecule has 4 rings (SSSR count). The van der Waals surface area contributed by atoms with Crippen molar-refractivity contribution in [2.24, 2.45) is 0 Å². The van der Waals surface area contributed by atoms with Gasteiger partial charge in [0.15, 0.2) is 11.5 Å². The Bertz CT molecular complexity index is 1020. The summed E-state index contributed by atoms with van der Waals surface area (Å²) in [5.41, 5.74) is 3.29. The molecule has 1 heterocycles. The quantitative estimate of drug-likeness (QED) is 0.673. The lowest BCUT2D eigenvalue weighted by Gasteiger charge is -2.18. The minimum absolute atomic E-state index is 0.0189. The Morgan fingerprint density at radius 3 is 2.25 bits per heavy atom. The number of aryl methyl sites for hydroxylation is 1. The molecule has 2 aromatic carbocycles. The monoisotopic (exact) mass is 380 g/mol. The second-order valence-corrected chi connectivity index (χ2v) is 7.12. The Labute approximate surface area is 163 Å². The Balaban J connectivity index is 1.70. The number of anilines is 1. The van der Waals surface area contributed by atoms with Crippen molar-refractivity contribution >= 4 is 22.5 Å². The number of carbonyl (C=O) groups excluding carboxylic acids is 1. The SMILES string of the molecule is COc1cc(NC(=O)C2(c3c(C)[nH]c4ccccc34)CC2)cc(OC)c1OC. The molecule has 0 saturated heterocycles. The van der Waals surface area contributed by atoms with Gasteiger partial charge in [0.1, 0.15) is 0 Å². The number of hydrogen-bond donors (Lipinski definition) is 2. The van der Waals surface area contributed by atoms with Gasteiger partial charge in [-0.1, -0.05) is 18.2 Å². The topological polar surface area (TPSA) is 72.6 Å². The van der Waals surface area contributed by atoms with Crippen LogP contribution >= 0.6 is 0 Å². The van der Waals surface area contributed by atoms with Crippen LogP contribution in [-0.4, -0.2) is 32.2 Å². The van der Waals surface area contributed by atoms with Crippen molar-refractivity contribution in [1.82, 2.24) is 4.98 Å². The standard InChI is InChI=1S/C22H24N2O4/c1-13-19(15-7-5-6-8-16(15)23-13)22(9-10-22)21(25)24-14-11-17(26-2)20(28-4)18(12-14)27-3/h5-8,11-12,23H,9-10H2,1-4H3,(H,24,25). The van der Waals surface area contributed by atoms with Crippen molar-refractivity contribution in [1.29, 1.82) is 0 Å². The van der Waals surface area contributed by atoms with Gasteiger partial charge in [-0.3, -0.25) is 4.79 Å². The summed E-state index contributed by atoms with van der Waals surface area (Å²) in [5, 5.41) is 4.17. The zero-order chi connectivity index (χ0) is 19.9. The minimum atomic E-state index is -0.510. The number of benzene rings is 2. The van der Waals surface area contributed by atoms with Crippen molar-refractivity contribution in [3.63, 3.8) is 0 Å². The molecule has 0 spiro atoms. The highest BCUT2D eigenvalue weighted by Gasteiger charge is 2.53. The van der Waals surface area contributed by atoms with Crippen LogP contribution in [0.2, 0.25) is 0 Å². The maximum atomic E-state index is 13.3. The molecule has 6 nitrogen and oxygen atoms in total. The Kier molecular flexibility index (Phi) is 4.41. The van der Waals surface area contributed by atoms with Crippen LogP contribution in [0.5, 0.6) is 17.2 Å². The summed E-state index contributed by atoms with van der Waals surface area (Å²) in [4.78, 5) is 16.7. The van der Waals surface area contributed by atoms with E-state index in [1.165, 1.54) is 0 Å². The number of aromatic amines is 1. The van der Waals surface area contributed by atoms with Crippen LogP contribution in [0.4, 0.5) is 5.69 Å². The Morgan fingerprint density at radius 1 is 1.04 bits per heavy atom. The zero-order valence-electron chi connectivity index (χ0n) is 16.5. The van der Waals surface area contributed by atoms with Gasteiger partial charge >= 0.3 is 0 Å². The Hall–Kier alpha value is -3.15. The van der Waals surface area contributed by atoms with Gasteiger partial charge in [0.05, 0.1) is 26.7 Å². The van der Waals surface area contributed by atoms with Crippen LogP contribution in [0.25, 0.3) is 10.9 Å². The number of hydrogen-bond acceptors (Lipinski definition) is 4. The van der Waals surface area contributed by atoms with Gasteiger partial charge in [0.2, 0.25) is 11.7 Å². The van der Waals surface area contributed by atoms with Crippen LogP contribution in [0.3, 0.4) is 0 Å². The van der Waals surface area contributed by atoms with E-state index in [4.69, 9.17) is 14.2 Å². The van der Waals surface area contributed by atoms with E-state index in [2.05, 4.69) is 16.4 Å². The largest absolute Gasteiger partial charge is 0.493 e. The molecule has 1 fully saturated rings. The number of aromatic nitrogens is 1. The second kappa shape index (κ2) is 6.78. The fraction of sp³-hybridized carbons (Fsp3) is 0.318. The first-order chi connectivity index (χ1) is 13.5. The molecule has 28 heavy (non-hydrogen) atoms. The highest BCUT2D eigenvalue weighted by Crippen LogP contribution is 2.52. The summed E-state index contributed by atoms with van der Waals surface area (Å²) < 4.78 is 16.1. The number of amides is 1. The summed E-state index contributed by atoms with van der Waals surface area (Å²) in [5.74, 6) is 1.49. The van der Waals surface area contributed by atoms with Gasteiger partial charge in [0, 0.05) is 34.4 Å². The molecule has 0 radical (unpaired) electrons. The molecule has 1 aromatic heterocycles. The molecule has 1 amide bonds. The van der Waals surface area contributed by atoms with Crippen molar-refractivity contribution in [2.75, 3.05) is 26.6 Å². The highest BCUT2D eigenvalue weighted by molar-refractivity contribution is 6.05. The average Bonchev–Trinajstić information content (AvgIpc) is 3.43. The molecule has 0 unspecified atom stereocenters. The number of para-hydroxylation sites is 1. The summed E-state index contributed by atoms with van der Waals surface area (Å²) in [7, 11) is 4.67. The molecular weight excluding hydrogens is 356 g/mol. The van der Waals surface area contributed by atoms with Crippen LogP contribution in [0, 0.1) is 6.92 Å². The third-order valence-corrected chi connectivity index (χ3v) is 5.48. The number of nitrogens with one attached hydrogen (secondary N) is 2. The summed E-state index contributed by atoms with van der Waals surface area (Å²) in [6.45, 7) is 2.03. The lowest BCUT2D eigenvalue weighted by molar-refractivity contribution is -0.118. The second-order valence-electron chi connectivity index (χ2n) is 7.12. The maximum absolute atomic E-state index is 13.3. The molecule has 1 saturated carbocycles. The normalized spacial score (nSPS) is 14.6. The minimum Gasteiger partial charge on any atom is -0.493 e. The van der Waals surface area contributed by atoms with E-state index < -0.39 is 5.41 Å². The average molecular weight is 380 g/mol. The molecule has 0 aliphatic heterocycles. The number of rotatable bonds is 6. The van der Waals surface area contributed by atoms with E-state index in [1.54, 1.807) is 33.5 Å². The van der Waals surface area contributed by atoms with Crippen molar-refractivity contribution in [3.05, 3.63) is 47.7 Å². The first kappa shape index (κ1) is 18.2. The molecule has 0 bridgehead atoms. The van der Waals surface area contributed by atoms with Crippen molar-refractivity contribution in [3.8, 4) is 17.2 Å². The van der Waals surface area contributed by atoms with Crippen molar-refractivity contribution < 1.29 is 19.0 Å². The molecular formula is C22H24N2O4. The summed E-state index contributed by atoms with van der Waals surface area (Å²) in [6, 6.07) is 11.6. The van der Waals surface area contributed by atoms with Crippen LogP contribution in [0.15, 0.2) is 36.4 Å². The van der Waals surface area contributed by atoms with Gasteiger partial charge in [0.25, 0.3) is 0 Å². The van der Waals surface area contributed by atoms with Crippen LogP contribution < -0.4 is 19.5 Å². The van der Waals surface area contributed by atoms with Gasteiger partial charge < -0.3 is 24.5 Å². The summed E-state index contributed by atoms with van der Waals surface area (Å²) >= 11 is 0. The zero-order valence-corrected chi connectivity index (χ0v) is 16.5. The maximum Gasteiger partial charge on any atom is 0.235 e. The molecule has 3 aromatic rings. The third-order valence-electron chi connectivity index (χ3n) is 5.48. The molecule has 1 aliphatic rings. The van der Waals surface area contributed by atoms with Gasteiger partial charge in [-0.2, -0.15) is 0 Å². The number of methoxy groups -OCH3 is 3. The van der Waals surface area contributed by atoms with Crippen LogP contribution in [-0.2, 0) is 10.2 Å². The number of H-pyrrole nitrogens is 1. The van der Waals surface area contributed by atoms with E-state index in [-0.39, 0.29) is 5.91 Å². The van der Waals surface area contributed by atoms with Gasteiger partial charge in [-0.25, -0.2) is 0 Å². The predicted octanol–water partition coefficient (Wildman–Crippen LogP) is 4.17. The molecule has 1 aliphatic carbocycles. The first-order valence-corrected chi connectivity index (χ1v) is 9.23. The lowest BCUT2D eigenvalue weighted by Crippen LogP contribution is -2.28. The van der Waals surface area contributed by atoms with Gasteiger partial charge in [-0.15, -0.1) is 0 Å². The van der Waals surface area contributed by atoms with E-state index in [9.17, 15) is 4.79 Å². The van der Waals surface area contributed by atoms with Gasteiger partial charge in [-0.05, 0) is 31.4 Å². The molecule has 6 heteroatoms. The predicted molar refractivity (Wildman–Crippen MR) is 109 cm³/mol. The fourth-order valence-corrected chi connectivity index (χ4v) is 4.01. The van der Waals surface area contributed by atoms with E-state index in [1.807, 2.05) is 25.1 Å². The van der Waals surface area contributed by atoms with Crippen LogP contribution in [0.1, 0.15) is 24.1 Å². The van der Waals surface area contributed by atoms with Crippen molar-refractivity contribution in [2.45, 2.75) is 25.2 Å². The molecule has 146 valence electrons. The smallest absolute Gasteiger partial charge is 0.235 e. The number of ether oxygens (including phenoxy) is 3. The molecule has 0 atom stereocenters. The first-order valence-electron chi connectivity index (χ1n) is 9.23. The Morgan fingerprint density at radius 2 is 1.68 bits per heavy atom. The fourth-order valence-electron chi connectivity index (χ4n) is 4.01. The van der Waals surface area contributed by atoms with E-state index >= 15 is 0 Å². The molecule has 2 N–H and O–H groups in total. The number of carbonyl (C=O) groups is 1.